The number of nitrogens with one attached hydrogen (secondary N) is 1. The molecule has 1 aliphatic heterocycles. The summed E-state index contributed by atoms with van der Waals surface area (Å²) < 4.78 is 0. The minimum Gasteiger partial charge on any atom is -0.396 e. The van der Waals surface area contributed by atoms with Gasteiger partial charge in [-0.25, -0.2) is 0 Å². The van der Waals surface area contributed by atoms with E-state index in [1.54, 1.807) is 11.8 Å². The number of carbonyl (C=O) groups excluding carboxylic acids is 1. The Morgan fingerprint density at radius 3 is 2.76 bits per heavy atom. The molecule has 0 spiro atoms. The molecule has 3 nitrogen and oxygen atoms in total. The number of anilines is 1. The van der Waals surface area contributed by atoms with Crippen LogP contribution in [0.2, 0.25) is 0 Å². The number of benzene rings is 1. The zero-order valence-electron chi connectivity index (χ0n) is 9.69. The highest BCUT2D eigenvalue weighted by molar-refractivity contribution is 8.00. The van der Waals surface area contributed by atoms with Crippen molar-refractivity contribution in [3.8, 4) is 0 Å². The average Bonchev–Trinajstić information content (AvgIpc) is 2.86. The van der Waals surface area contributed by atoms with Crippen molar-refractivity contribution in [2.24, 2.45) is 0 Å². The lowest BCUT2D eigenvalue weighted by Crippen LogP contribution is -2.22. The molecule has 1 heterocycles. The molecule has 1 aromatic carbocycles. The van der Waals surface area contributed by atoms with Crippen LogP contribution in [0.3, 0.4) is 0 Å². The second-order valence-corrected chi connectivity index (χ2v) is 5.47. The van der Waals surface area contributed by atoms with E-state index in [9.17, 15) is 4.79 Å². The van der Waals surface area contributed by atoms with Crippen LogP contribution in [0.5, 0.6) is 0 Å². The van der Waals surface area contributed by atoms with Crippen LogP contribution in [0, 0.1) is 0 Å². The molecule has 1 saturated heterocycles. The van der Waals surface area contributed by atoms with Gasteiger partial charge in [0, 0.05) is 12.3 Å². The molecule has 1 fully saturated rings. The van der Waals surface area contributed by atoms with Crippen LogP contribution in [0.15, 0.2) is 24.3 Å². The van der Waals surface area contributed by atoms with Gasteiger partial charge in [-0.3, -0.25) is 4.79 Å². The van der Waals surface area contributed by atoms with E-state index in [-0.39, 0.29) is 17.8 Å². The summed E-state index contributed by atoms with van der Waals surface area (Å²) in [6.45, 7) is 0.157. The Morgan fingerprint density at radius 1 is 1.41 bits per heavy atom. The van der Waals surface area contributed by atoms with Gasteiger partial charge in [-0.05, 0) is 42.7 Å². The van der Waals surface area contributed by atoms with Crippen molar-refractivity contribution in [2.75, 3.05) is 17.7 Å². The normalized spacial score (nSPS) is 19.2. The van der Waals surface area contributed by atoms with E-state index in [0.717, 1.165) is 29.8 Å². The molecule has 2 rings (SSSR count). The van der Waals surface area contributed by atoms with E-state index < -0.39 is 0 Å². The fourth-order valence-corrected chi connectivity index (χ4v) is 3.05. The first-order valence-electron chi connectivity index (χ1n) is 5.92. The largest absolute Gasteiger partial charge is 0.396 e. The van der Waals surface area contributed by atoms with Gasteiger partial charge in [-0.15, -0.1) is 11.8 Å². The van der Waals surface area contributed by atoms with Gasteiger partial charge in [-0.2, -0.15) is 0 Å². The molecule has 92 valence electrons. The summed E-state index contributed by atoms with van der Waals surface area (Å²) in [6, 6.07) is 7.66. The number of aliphatic hydroxyl groups is 1. The van der Waals surface area contributed by atoms with Crippen molar-refractivity contribution in [1.82, 2.24) is 0 Å². The fourth-order valence-electron chi connectivity index (χ4n) is 1.89. The van der Waals surface area contributed by atoms with Crippen molar-refractivity contribution >= 4 is 23.4 Å². The van der Waals surface area contributed by atoms with Crippen LogP contribution >= 0.6 is 11.8 Å². The molecule has 1 atom stereocenters. The Balaban J connectivity index is 1.91. The molecule has 4 heteroatoms. The quantitative estimate of drug-likeness (QED) is 0.861. The van der Waals surface area contributed by atoms with Crippen molar-refractivity contribution in [2.45, 2.75) is 24.5 Å². The molecule has 0 saturated carbocycles. The van der Waals surface area contributed by atoms with E-state index in [4.69, 9.17) is 5.11 Å². The molecular formula is C13H17NO2S. The zero-order chi connectivity index (χ0) is 12.1. The Morgan fingerprint density at radius 2 is 2.18 bits per heavy atom. The molecule has 0 aliphatic carbocycles. The molecule has 17 heavy (non-hydrogen) atoms. The monoisotopic (exact) mass is 251 g/mol. The number of thioether (sulfide) groups is 1. The first-order chi connectivity index (χ1) is 8.29. The molecule has 0 radical (unpaired) electrons. The van der Waals surface area contributed by atoms with Crippen LogP contribution in [0.1, 0.15) is 18.4 Å². The molecule has 1 aliphatic rings. The molecule has 2 N–H and O–H groups in total. The van der Waals surface area contributed by atoms with Crippen LogP contribution in [-0.2, 0) is 11.2 Å². The van der Waals surface area contributed by atoms with Crippen LogP contribution < -0.4 is 5.32 Å². The third-order valence-corrected chi connectivity index (χ3v) is 4.22. The maximum Gasteiger partial charge on any atom is 0.237 e. The molecule has 1 amide bonds. The third-order valence-electron chi connectivity index (χ3n) is 2.84. The second kappa shape index (κ2) is 6.07. The summed E-state index contributed by atoms with van der Waals surface area (Å²) in [5.41, 5.74) is 1.92. The number of amides is 1. The molecule has 1 unspecified atom stereocenters. The van der Waals surface area contributed by atoms with Gasteiger partial charge in [0.15, 0.2) is 0 Å². The highest BCUT2D eigenvalue weighted by Crippen LogP contribution is 2.27. The van der Waals surface area contributed by atoms with Crippen molar-refractivity contribution in [3.63, 3.8) is 0 Å². The number of aliphatic hydroxyl groups excluding tert-OH is 1. The Kier molecular flexibility index (Phi) is 4.45. The minimum atomic E-state index is 0.113. The number of carbonyl (C=O) groups is 1. The Bertz CT molecular complexity index is 372. The first kappa shape index (κ1) is 12.5. The smallest absolute Gasteiger partial charge is 0.237 e. The van der Waals surface area contributed by atoms with Crippen LogP contribution in [0.25, 0.3) is 0 Å². The standard InChI is InChI=1S/C13H17NO2S/c15-8-7-10-3-5-11(6-4-10)14-13(16)12-2-1-9-17-12/h3-6,12,15H,1-2,7-9H2,(H,14,16). The average molecular weight is 251 g/mol. The van der Waals surface area contributed by atoms with E-state index in [0.29, 0.717) is 6.42 Å². The van der Waals surface area contributed by atoms with Gasteiger partial charge < -0.3 is 10.4 Å². The lowest BCUT2D eigenvalue weighted by atomic mass is 10.1. The Labute approximate surface area is 106 Å². The van der Waals surface area contributed by atoms with Gasteiger partial charge in [0.05, 0.1) is 5.25 Å². The van der Waals surface area contributed by atoms with Gasteiger partial charge in [0.2, 0.25) is 5.91 Å². The van der Waals surface area contributed by atoms with Crippen LogP contribution in [0.4, 0.5) is 5.69 Å². The molecule has 1 aromatic rings. The summed E-state index contributed by atoms with van der Waals surface area (Å²) in [6.07, 6.45) is 2.78. The van der Waals surface area contributed by atoms with Gasteiger partial charge in [0.25, 0.3) is 0 Å². The topological polar surface area (TPSA) is 49.3 Å². The first-order valence-corrected chi connectivity index (χ1v) is 6.97. The predicted molar refractivity (Wildman–Crippen MR) is 71.3 cm³/mol. The van der Waals surface area contributed by atoms with Gasteiger partial charge in [-0.1, -0.05) is 12.1 Å². The molecular weight excluding hydrogens is 234 g/mol. The zero-order valence-corrected chi connectivity index (χ0v) is 10.5. The van der Waals surface area contributed by atoms with E-state index in [1.165, 1.54) is 0 Å². The summed E-state index contributed by atoms with van der Waals surface area (Å²) >= 11 is 1.74. The maximum atomic E-state index is 11.9. The lowest BCUT2D eigenvalue weighted by Gasteiger charge is -2.10. The maximum absolute atomic E-state index is 11.9. The fraction of sp³-hybridized carbons (Fsp3) is 0.462. The summed E-state index contributed by atoms with van der Waals surface area (Å²) in [5, 5.41) is 11.9. The van der Waals surface area contributed by atoms with Crippen molar-refractivity contribution in [1.29, 1.82) is 0 Å². The van der Waals surface area contributed by atoms with E-state index >= 15 is 0 Å². The van der Waals surface area contributed by atoms with Gasteiger partial charge >= 0.3 is 0 Å². The van der Waals surface area contributed by atoms with Crippen LogP contribution in [-0.4, -0.2) is 28.6 Å². The number of hydrogen-bond donors (Lipinski definition) is 2. The summed E-state index contributed by atoms with van der Waals surface area (Å²) in [7, 11) is 0. The Hall–Kier alpha value is -1.00. The van der Waals surface area contributed by atoms with Crippen molar-refractivity contribution in [3.05, 3.63) is 29.8 Å². The number of hydrogen-bond acceptors (Lipinski definition) is 3. The highest BCUT2D eigenvalue weighted by Gasteiger charge is 2.23. The lowest BCUT2D eigenvalue weighted by molar-refractivity contribution is -0.115. The summed E-state index contributed by atoms with van der Waals surface area (Å²) in [4.78, 5) is 11.9. The van der Waals surface area contributed by atoms with Gasteiger partial charge in [0.1, 0.15) is 0 Å². The molecule has 0 bridgehead atoms. The molecule has 0 aromatic heterocycles. The minimum absolute atomic E-state index is 0.113. The SMILES string of the molecule is O=C(Nc1ccc(CCO)cc1)C1CCCS1. The second-order valence-electron chi connectivity index (χ2n) is 4.16. The van der Waals surface area contributed by atoms with E-state index in [1.807, 2.05) is 24.3 Å². The predicted octanol–water partition coefficient (Wildman–Crippen LogP) is 2.06. The third kappa shape index (κ3) is 3.48. The highest BCUT2D eigenvalue weighted by atomic mass is 32.2. The summed E-state index contributed by atoms with van der Waals surface area (Å²) in [5.74, 6) is 1.20. The number of rotatable bonds is 4. The van der Waals surface area contributed by atoms with Crippen molar-refractivity contribution < 1.29 is 9.90 Å². The van der Waals surface area contributed by atoms with E-state index in [2.05, 4.69) is 5.32 Å².